The third kappa shape index (κ3) is 4.70. The van der Waals surface area contributed by atoms with E-state index in [1.807, 2.05) is 44.2 Å². The number of aromatic nitrogens is 2. The molecule has 4 rings (SSSR count). The molecule has 1 aliphatic heterocycles. The number of aromatic amines is 1. The second-order valence-electron chi connectivity index (χ2n) is 12.6. The number of anilines is 1. The number of H-pyrrole nitrogens is 1. The Morgan fingerprint density at radius 3 is 2.36 bits per heavy atom. The van der Waals surface area contributed by atoms with Crippen LogP contribution in [0.25, 0.3) is 0 Å². The van der Waals surface area contributed by atoms with E-state index in [-0.39, 0.29) is 23.0 Å². The van der Waals surface area contributed by atoms with Crippen LogP contribution >= 0.6 is 0 Å². The lowest BCUT2D eigenvalue weighted by atomic mass is 9.83. The van der Waals surface area contributed by atoms with Crippen LogP contribution in [0.4, 0.5) is 10.6 Å². The summed E-state index contributed by atoms with van der Waals surface area (Å²) in [5.41, 5.74) is 1.04. The number of urea groups is 1. The first-order valence-corrected chi connectivity index (χ1v) is 16.4. The van der Waals surface area contributed by atoms with Crippen molar-refractivity contribution in [2.45, 2.75) is 102 Å². The highest BCUT2D eigenvalue weighted by atomic mass is 28.3. The van der Waals surface area contributed by atoms with Crippen LogP contribution in [0.2, 0.25) is 24.7 Å². The third-order valence-electron chi connectivity index (χ3n) is 8.23. The number of hydrogen-bond donors (Lipinski definition) is 4. The van der Waals surface area contributed by atoms with Gasteiger partial charge < -0.3 is 20.6 Å². The van der Waals surface area contributed by atoms with E-state index >= 15 is 0 Å². The summed E-state index contributed by atoms with van der Waals surface area (Å²) in [7, 11) is -1.72. The quantitative estimate of drug-likeness (QED) is 0.379. The maximum Gasteiger partial charge on any atom is 0.318 e. The summed E-state index contributed by atoms with van der Waals surface area (Å²) in [5, 5.41) is 24.1. The van der Waals surface area contributed by atoms with E-state index in [0.717, 1.165) is 36.1 Å². The molecule has 1 unspecified atom stereocenters. The van der Waals surface area contributed by atoms with Crippen molar-refractivity contribution >= 4 is 25.8 Å². The zero-order chi connectivity index (χ0) is 26.5. The normalized spacial score (nSPS) is 19.3. The molecule has 1 aliphatic carbocycles. The van der Waals surface area contributed by atoms with Crippen molar-refractivity contribution in [2.24, 2.45) is 0 Å². The molecule has 4 N–H and O–H groups in total. The number of hydrogen-bond acceptors (Lipinski definition) is 4. The van der Waals surface area contributed by atoms with Gasteiger partial charge in [0, 0.05) is 17.0 Å². The van der Waals surface area contributed by atoms with Gasteiger partial charge in [-0.1, -0.05) is 56.4 Å². The van der Waals surface area contributed by atoms with Gasteiger partial charge in [0.15, 0.2) is 5.82 Å². The number of carbonyl (C=O) groups excluding carboxylic acids is 2. The highest BCUT2D eigenvalue weighted by Gasteiger charge is 2.54. The van der Waals surface area contributed by atoms with Crippen LogP contribution in [0, 0.1) is 0 Å². The first-order valence-electron chi connectivity index (χ1n) is 12.9. The van der Waals surface area contributed by atoms with Gasteiger partial charge in [0.2, 0.25) is 5.91 Å². The number of nitrogens with zero attached hydrogens (tertiary/aromatic N) is 2. The minimum absolute atomic E-state index is 0.0669. The van der Waals surface area contributed by atoms with Crippen LogP contribution < -0.4 is 10.6 Å². The molecule has 1 aromatic heterocycles. The zero-order valence-electron chi connectivity index (χ0n) is 22.7. The number of amides is 3. The molecule has 9 heteroatoms. The Balaban J connectivity index is 1.54. The van der Waals surface area contributed by atoms with Gasteiger partial charge in [-0.25, -0.2) is 4.79 Å². The van der Waals surface area contributed by atoms with Crippen molar-refractivity contribution < 1.29 is 14.7 Å². The maximum atomic E-state index is 13.6. The van der Waals surface area contributed by atoms with Gasteiger partial charge in [0.1, 0.15) is 0 Å². The fourth-order valence-electron chi connectivity index (χ4n) is 5.68. The van der Waals surface area contributed by atoms with E-state index in [9.17, 15) is 14.7 Å². The van der Waals surface area contributed by atoms with Crippen molar-refractivity contribution in [1.82, 2.24) is 20.4 Å². The predicted octanol–water partition coefficient (Wildman–Crippen LogP) is 5.27. The molecule has 2 aliphatic rings. The lowest BCUT2D eigenvalue weighted by Crippen LogP contribution is -2.52. The van der Waals surface area contributed by atoms with Crippen LogP contribution in [0.1, 0.15) is 76.2 Å². The van der Waals surface area contributed by atoms with E-state index < -0.39 is 19.2 Å². The van der Waals surface area contributed by atoms with Crippen LogP contribution in [0.5, 0.6) is 0 Å². The Labute approximate surface area is 215 Å². The van der Waals surface area contributed by atoms with Gasteiger partial charge in [0.25, 0.3) is 0 Å². The molecule has 2 heterocycles. The molecule has 1 aromatic carbocycles. The molecular weight excluding hydrogens is 470 g/mol. The Hall–Kier alpha value is -2.65. The number of carbonyl (C=O) groups is 2. The van der Waals surface area contributed by atoms with Gasteiger partial charge in [-0.05, 0) is 46.1 Å². The zero-order valence-corrected chi connectivity index (χ0v) is 23.7. The molecular formula is C27H41N5O3Si. The number of fused-ring (bicyclic) bond motifs is 1. The molecule has 0 bridgehead atoms. The topological polar surface area (TPSA) is 110 Å². The predicted molar refractivity (Wildman–Crippen MR) is 144 cm³/mol. The van der Waals surface area contributed by atoms with Crippen LogP contribution in [-0.4, -0.2) is 45.8 Å². The van der Waals surface area contributed by atoms with Crippen LogP contribution in [0.3, 0.4) is 0 Å². The Kier molecular flexibility index (Phi) is 6.62. The van der Waals surface area contributed by atoms with Crippen molar-refractivity contribution in [3.63, 3.8) is 0 Å². The van der Waals surface area contributed by atoms with E-state index in [1.165, 1.54) is 0 Å². The Bertz CT molecular complexity index is 1130. The lowest BCUT2D eigenvalue weighted by molar-refractivity contribution is -0.121. The largest absolute Gasteiger partial charge is 0.390 e. The molecule has 0 spiro atoms. The maximum absolute atomic E-state index is 13.6. The number of nitrogens with one attached hydrogen (secondary N) is 3. The standard InChI is InChI=1S/C27H41N5O3Si/c1-25(2,35)16-20(18-12-9-8-10-13-18)28-24(34)32-17-19-21(26(32,3)4)30-31-22(19)29-23(33)27(14-11-15-27)36(5,6)7/h8-10,12-13,20,35H,11,14-17H2,1-7H3,(H,28,34)(H2,29,30,31,33). The minimum atomic E-state index is -1.72. The van der Waals surface area contributed by atoms with Crippen molar-refractivity contribution in [1.29, 1.82) is 0 Å². The molecule has 196 valence electrons. The Morgan fingerprint density at radius 2 is 1.83 bits per heavy atom. The van der Waals surface area contributed by atoms with Crippen molar-refractivity contribution in [3.05, 3.63) is 47.2 Å². The van der Waals surface area contributed by atoms with Gasteiger partial charge in [-0.15, -0.1) is 0 Å². The van der Waals surface area contributed by atoms with Gasteiger partial charge in [0.05, 0.1) is 37.5 Å². The monoisotopic (exact) mass is 511 g/mol. The molecule has 0 radical (unpaired) electrons. The molecule has 8 nitrogen and oxygen atoms in total. The highest BCUT2D eigenvalue weighted by molar-refractivity contribution is 6.83. The number of benzene rings is 1. The fourth-order valence-corrected chi connectivity index (χ4v) is 8.28. The van der Waals surface area contributed by atoms with Crippen LogP contribution in [0.15, 0.2) is 30.3 Å². The van der Waals surface area contributed by atoms with Crippen LogP contribution in [-0.2, 0) is 16.9 Å². The molecule has 1 fully saturated rings. The molecule has 1 saturated carbocycles. The highest BCUT2D eigenvalue weighted by Crippen LogP contribution is 2.56. The number of aliphatic hydroxyl groups is 1. The first-order chi connectivity index (χ1) is 16.7. The van der Waals surface area contributed by atoms with E-state index in [4.69, 9.17) is 0 Å². The Morgan fingerprint density at radius 1 is 1.19 bits per heavy atom. The second kappa shape index (κ2) is 9.02. The van der Waals surface area contributed by atoms with Gasteiger partial charge >= 0.3 is 6.03 Å². The third-order valence-corrected chi connectivity index (χ3v) is 11.8. The van der Waals surface area contributed by atoms with Crippen molar-refractivity contribution in [3.8, 4) is 0 Å². The molecule has 36 heavy (non-hydrogen) atoms. The summed E-state index contributed by atoms with van der Waals surface area (Å²) >= 11 is 0. The lowest BCUT2D eigenvalue weighted by Gasteiger charge is -2.48. The van der Waals surface area contributed by atoms with E-state index in [2.05, 4.69) is 40.5 Å². The smallest absolute Gasteiger partial charge is 0.318 e. The molecule has 3 amide bonds. The SMILES string of the molecule is CC(C)(O)CC(NC(=O)N1Cc2c(NC(=O)C3([Si](C)(C)C)CCC3)n[nH]c2C1(C)C)c1ccccc1. The molecule has 1 atom stereocenters. The summed E-state index contributed by atoms with van der Waals surface area (Å²) in [6.07, 6.45) is 3.33. The minimum Gasteiger partial charge on any atom is -0.390 e. The fraction of sp³-hybridized carbons (Fsp3) is 0.593. The van der Waals surface area contributed by atoms with Crippen molar-refractivity contribution in [2.75, 3.05) is 5.32 Å². The van der Waals surface area contributed by atoms with E-state index in [1.54, 1.807) is 18.7 Å². The van der Waals surface area contributed by atoms with Gasteiger partial charge in [-0.3, -0.25) is 9.89 Å². The average molecular weight is 512 g/mol. The average Bonchev–Trinajstić information content (AvgIpc) is 3.23. The summed E-state index contributed by atoms with van der Waals surface area (Å²) in [6.45, 7) is 14.6. The summed E-state index contributed by atoms with van der Waals surface area (Å²) in [4.78, 5) is 28.8. The summed E-state index contributed by atoms with van der Waals surface area (Å²) in [5.74, 6) is 0.594. The number of rotatable bonds is 7. The first kappa shape index (κ1) is 26.4. The van der Waals surface area contributed by atoms with Gasteiger partial charge in [-0.2, -0.15) is 5.10 Å². The molecule has 0 saturated heterocycles. The molecule has 2 aromatic rings. The summed E-state index contributed by atoms with van der Waals surface area (Å²) < 4.78 is 0. The second-order valence-corrected chi connectivity index (χ2v) is 18.1. The summed E-state index contributed by atoms with van der Waals surface area (Å²) in [6, 6.07) is 9.14. The van der Waals surface area contributed by atoms with E-state index in [0.29, 0.717) is 18.8 Å².